The molecule has 0 unspecified atom stereocenters. The highest BCUT2D eigenvalue weighted by Crippen LogP contribution is 2.09. The van der Waals surface area contributed by atoms with Crippen LogP contribution >= 0.6 is 0 Å². The Morgan fingerprint density at radius 1 is 1.18 bits per heavy atom. The number of benzene rings is 1. The van der Waals surface area contributed by atoms with Crippen molar-refractivity contribution in [1.29, 1.82) is 0 Å². The third kappa shape index (κ3) is 2.50. The van der Waals surface area contributed by atoms with E-state index in [-0.39, 0.29) is 5.82 Å². The maximum Gasteiger partial charge on any atom is 0.147 e. The van der Waals surface area contributed by atoms with E-state index >= 15 is 0 Å². The Morgan fingerprint density at radius 2 is 1.82 bits per heavy atom. The molecule has 0 radical (unpaired) electrons. The lowest BCUT2D eigenvalue weighted by Gasteiger charge is -2.08. The van der Waals surface area contributed by atoms with Gasteiger partial charge in [0.25, 0.3) is 0 Å². The molecule has 90 valence electrons. The first-order chi connectivity index (χ1) is 8.24. The molecule has 0 spiro atoms. The molecule has 0 fully saturated rings. The van der Waals surface area contributed by atoms with Gasteiger partial charge < -0.3 is 10.3 Å². The summed E-state index contributed by atoms with van der Waals surface area (Å²) < 4.78 is 14.8. The molecule has 17 heavy (non-hydrogen) atoms. The fourth-order valence-electron chi connectivity index (χ4n) is 1.74. The molecule has 2 rings (SSSR count). The van der Waals surface area contributed by atoms with Crippen LogP contribution < -0.4 is 5.73 Å². The molecular weight excluding hydrogens is 219 g/mol. The molecule has 0 saturated heterocycles. The Labute approximate surface area is 99.3 Å². The van der Waals surface area contributed by atoms with E-state index in [0.29, 0.717) is 13.1 Å². The standard InChI is InChI=1S/C12H15FN4/c1-2-11-15-16-12(7-14)17(11)8-9-3-5-10(13)6-4-9/h3-6H,2,7-8,14H2,1H3. The third-order valence-electron chi connectivity index (χ3n) is 2.66. The Balaban J connectivity index is 2.28. The van der Waals surface area contributed by atoms with Gasteiger partial charge in [0.05, 0.1) is 13.1 Å². The van der Waals surface area contributed by atoms with Crippen molar-refractivity contribution in [2.45, 2.75) is 26.4 Å². The van der Waals surface area contributed by atoms with Crippen LogP contribution in [0.3, 0.4) is 0 Å². The normalized spacial score (nSPS) is 10.8. The zero-order valence-corrected chi connectivity index (χ0v) is 9.73. The van der Waals surface area contributed by atoms with Crippen molar-refractivity contribution in [3.63, 3.8) is 0 Å². The van der Waals surface area contributed by atoms with Gasteiger partial charge in [0.1, 0.15) is 17.5 Å². The minimum Gasteiger partial charge on any atom is -0.324 e. The van der Waals surface area contributed by atoms with Crippen LogP contribution in [0.1, 0.15) is 24.1 Å². The maximum atomic E-state index is 12.8. The van der Waals surface area contributed by atoms with E-state index < -0.39 is 0 Å². The van der Waals surface area contributed by atoms with Crippen LogP contribution in [0.15, 0.2) is 24.3 Å². The van der Waals surface area contributed by atoms with Gasteiger partial charge in [-0.25, -0.2) is 4.39 Å². The molecule has 2 N–H and O–H groups in total. The van der Waals surface area contributed by atoms with E-state index in [1.165, 1.54) is 12.1 Å². The van der Waals surface area contributed by atoms with Crippen LogP contribution in [-0.4, -0.2) is 14.8 Å². The Bertz CT molecular complexity index is 468. The first kappa shape index (κ1) is 11.7. The summed E-state index contributed by atoms with van der Waals surface area (Å²) in [6, 6.07) is 6.42. The summed E-state index contributed by atoms with van der Waals surface area (Å²) in [5.41, 5.74) is 6.62. The van der Waals surface area contributed by atoms with E-state index in [9.17, 15) is 4.39 Å². The molecule has 0 bridgehead atoms. The Morgan fingerprint density at radius 3 is 2.41 bits per heavy atom. The SMILES string of the molecule is CCc1nnc(CN)n1Cc1ccc(F)cc1. The number of aromatic nitrogens is 3. The van der Waals surface area contributed by atoms with E-state index in [2.05, 4.69) is 10.2 Å². The number of nitrogens with zero attached hydrogens (tertiary/aromatic N) is 3. The molecule has 0 amide bonds. The predicted octanol–water partition coefficient (Wildman–Crippen LogP) is 1.49. The molecule has 0 saturated carbocycles. The molecule has 0 atom stereocenters. The maximum absolute atomic E-state index is 12.8. The van der Waals surface area contributed by atoms with Crippen molar-refractivity contribution < 1.29 is 4.39 Å². The van der Waals surface area contributed by atoms with Gasteiger partial charge >= 0.3 is 0 Å². The van der Waals surface area contributed by atoms with E-state index in [0.717, 1.165) is 23.6 Å². The quantitative estimate of drug-likeness (QED) is 0.871. The van der Waals surface area contributed by atoms with Gasteiger partial charge in [0, 0.05) is 6.42 Å². The van der Waals surface area contributed by atoms with Crippen molar-refractivity contribution in [3.05, 3.63) is 47.3 Å². The van der Waals surface area contributed by atoms with Crippen LogP contribution in [0, 0.1) is 5.82 Å². The van der Waals surface area contributed by atoms with E-state index in [1.54, 1.807) is 12.1 Å². The van der Waals surface area contributed by atoms with Gasteiger partial charge in [-0.3, -0.25) is 0 Å². The first-order valence-electron chi connectivity index (χ1n) is 5.60. The molecule has 1 heterocycles. The lowest BCUT2D eigenvalue weighted by Crippen LogP contribution is -2.11. The monoisotopic (exact) mass is 234 g/mol. The third-order valence-corrected chi connectivity index (χ3v) is 2.66. The molecule has 0 aliphatic heterocycles. The lowest BCUT2D eigenvalue weighted by atomic mass is 10.2. The van der Waals surface area contributed by atoms with Crippen molar-refractivity contribution in [3.8, 4) is 0 Å². The minimum atomic E-state index is -0.229. The predicted molar refractivity (Wildman–Crippen MR) is 62.8 cm³/mol. The molecule has 2 aromatic rings. The average Bonchev–Trinajstić information content (AvgIpc) is 2.74. The summed E-state index contributed by atoms with van der Waals surface area (Å²) in [5.74, 6) is 1.42. The largest absolute Gasteiger partial charge is 0.324 e. The zero-order valence-electron chi connectivity index (χ0n) is 9.73. The van der Waals surface area contributed by atoms with Crippen LogP contribution in [0.2, 0.25) is 0 Å². The van der Waals surface area contributed by atoms with E-state index in [1.807, 2.05) is 11.5 Å². The summed E-state index contributed by atoms with van der Waals surface area (Å²) in [5, 5.41) is 8.11. The van der Waals surface area contributed by atoms with Gasteiger partial charge in [-0.15, -0.1) is 10.2 Å². The van der Waals surface area contributed by atoms with Crippen molar-refractivity contribution >= 4 is 0 Å². The summed E-state index contributed by atoms with van der Waals surface area (Å²) in [4.78, 5) is 0. The van der Waals surface area contributed by atoms with Crippen molar-refractivity contribution in [2.24, 2.45) is 5.73 Å². The zero-order chi connectivity index (χ0) is 12.3. The average molecular weight is 234 g/mol. The summed E-state index contributed by atoms with van der Waals surface area (Å²) in [6.07, 6.45) is 0.800. The second kappa shape index (κ2) is 5.05. The summed E-state index contributed by atoms with van der Waals surface area (Å²) in [7, 11) is 0. The second-order valence-electron chi connectivity index (χ2n) is 3.80. The molecule has 1 aromatic carbocycles. The molecule has 1 aromatic heterocycles. The highest BCUT2D eigenvalue weighted by molar-refractivity contribution is 5.17. The van der Waals surface area contributed by atoms with Crippen LogP contribution in [0.5, 0.6) is 0 Å². The molecular formula is C12H15FN4. The highest BCUT2D eigenvalue weighted by atomic mass is 19.1. The van der Waals surface area contributed by atoms with Crippen molar-refractivity contribution in [1.82, 2.24) is 14.8 Å². The van der Waals surface area contributed by atoms with Gasteiger partial charge in [-0.05, 0) is 17.7 Å². The first-order valence-corrected chi connectivity index (χ1v) is 5.60. The summed E-state index contributed by atoms with van der Waals surface area (Å²) >= 11 is 0. The topological polar surface area (TPSA) is 56.7 Å². The van der Waals surface area contributed by atoms with Gasteiger partial charge in [-0.1, -0.05) is 19.1 Å². The molecule has 5 heteroatoms. The number of nitrogens with two attached hydrogens (primary N) is 1. The smallest absolute Gasteiger partial charge is 0.147 e. The number of rotatable bonds is 4. The van der Waals surface area contributed by atoms with Crippen LogP contribution in [0.25, 0.3) is 0 Å². The minimum absolute atomic E-state index is 0.229. The van der Waals surface area contributed by atoms with Gasteiger partial charge in [0.2, 0.25) is 0 Å². The highest BCUT2D eigenvalue weighted by Gasteiger charge is 2.09. The number of hydrogen-bond donors (Lipinski definition) is 1. The fraction of sp³-hybridized carbons (Fsp3) is 0.333. The van der Waals surface area contributed by atoms with Gasteiger partial charge in [-0.2, -0.15) is 0 Å². The molecule has 0 aliphatic carbocycles. The summed E-state index contributed by atoms with van der Waals surface area (Å²) in [6.45, 7) is 3.00. The number of halogens is 1. The van der Waals surface area contributed by atoms with Crippen molar-refractivity contribution in [2.75, 3.05) is 0 Å². The lowest BCUT2D eigenvalue weighted by molar-refractivity contribution is 0.625. The second-order valence-corrected chi connectivity index (χ2v) is 3.80. The Kier molecular flexibility index (Phi) is 3.49. The molecule has 0 aliphatic rings. The molecule has 4 nitrogen and oxygen atoms in total. The number of hydrogen-bond acceptors (Lipinski definition) is 3. The number of aryl methyl sites for hydroxylation is 1. The van der Waals surface area contributed by atoms with E-state index in [4.69, 9.17) is 5.73 Å². The van der Waals surface area contributed by atoms with Crippen LogP contribution in [-0.2, 0) is 19.5 Å². The van der Waals surface area contributed by atoms with Gasteiger partial charge in [0.15, 0.2) is 0 Å². The fourth-order valence-corrected chi connectivity index (χ4v) is 1.74. The van der Waals surface area contributed by atoms with Crippen LogP contribution in [0.4, 0.5) is 4.39 Å². The Hall–Kier alpha value is -1.75.